The van der Waals surface area contributed by atoms with E-state index in [1.165, 1.54) is 13.1 Å². The molecule has 0 amide bonds. The molecule has 0 aliphatic carbocycles. The van der Waals surface area contributed by atoms with Gasteiger partial charge in [-0.15, -0.1) is 0 Å². The second-order valence-electron chi connectivity index (χ2n) is 2.18. The zero-order valence-corrected chi connectivity index (χ0v) is 4.90. The zero-order chi connectivity index (χ0) is 7.07. The minimum Gasteiger partial charge on any atom is -0.479 e. The van der Waals surface area contributed by atoms with Crippen LogP contribution in [-0.2, 0) is 4.79 Å². The third-order valence-corrected chi connectivity index (χ3v) is 1.49. The highest BCUT2D eigenvalue weighted by molar-refractivity contribution is 5.92. The second-order valence-corrected chi connectivity index (χ2v) is 2.18. The lowest BCUT2D eigenvalue weighted by atomic mass is 9.91. The van der Waals surface area contributed by atoms with Gasteiger partial charge in [-0.3, -0.25) is 4.99 Å². The fourth-order valence-corrected chi connectivity index (χ4v) is 0.547. The number of aliphatic hydroxyl groups is 1. The minimum absolute atomic E-state index is 0.921. The van der Waals surface area contributed by atoms with Gasteiger partial charge in [-0.05, 0) is 6.92 Å². The average molecular weight is 129 g/mol. The van der Waals surface area contributed by atoms with E-state index in [1.54, 1.807) is 0 Å². The van der Waals surface area contributed by atoms with Crippen molar-refractivity contribution in [3.05, 3.63) is 0 Å². The molecule has 1 aliphatic heterocycles. The van der Waals surface area contributed by atoms with Crippen LogP contribution in [0.25, 0.3) is 0 Å². The smallest absolute Gasteiger partial charge is 0.334 e. The number of carboxylic acids is 1. The Morgan fingerprint density at radius 3 is 2.44 bits per heavy atom. The molecule has 0 saturated carbocycles. The monoisotopic (exact) mass is 129 g/mol. The largest absolute Gasteiger partial charge is 0.479 e. The number of aliphatic carboxylic acids is 1. The van der Waals surface area contributed by atoms with E-state index in [0.717, 1.165) is 0 Å². The number of hydrogen-bond acceptors (Lipinski definition) is 3. The lowest BCUT2D eigenvalue weighted by Crippen LogP contribution is -2.52. The standard InChI is InChI=1S/C5H7NO3/c1-5(4(8)9)3(7)2-6-5/h2-3,7H,1H3,(H,8,9)/t3-,5-/m0/s1. The summed E-state index contributed by atoms with van der Waals surface area (Å²) >= 11 is 0. The highest BCUT2D eigenvalue weighted by Gasteiger charge is 2.45. The van der Waals surface area contributed by atoms with Crippen molar-refractivity contribution in [1.82, 2.24) is 0 Å². The van der Waals surface area contributed by atoms with Crippen molar-refractivity contribution in [3.8, 4) is 0 Å². The molecule has 2 atom stereocenters. The Bertz CT molecular complexity index is 177. The number of carboxylic acid groups (broad SMARTS) is 1. The maximum atomic E-state index is 10.2. The third kappa shape index (κ3) is 0.632. The predicted octanol–water partition coefficient (Wildman–Crippen LogP) is -0.725. The zero-order valence-electron chi connectivity index (χ0n) is 4.90. The molecule has 0 unspecified atom stereocenters. The third-order valence-electron chi connectivity index (χ3n) is 1.49. The maximum absolute atomic E-state index is 10.2. The van der Waals surface area contributed by atoms with Gasteiger partial charge in [0.1, 0.15) is 6.10 Å². The average Bonchev–Trinajstić information content (AvgIpc) is 1.82. The molecule has 0 aromatic carbocycles. The van der Waals surface area contributed by atoms with Crippen LogP contribution >= 0.6 is 0 Å². The Balaban J connectivity index is 2.79. The molecule has 0 aromatic heterocycles. The first-order valence-electron chi connectivity index (χ1n) is 2.54. The highest BCUT2D eigenvalue weighted by atomic mass is 16.4. The Labute approximate surface area is 51.8 Å². The van der Waals surface area contributed by atoms with E-state index in [1.807, 2.05) is 0 Å². The number of aliphatic hydroxyl groups excluding tert-OH is 1. The summed E-state index contributed by atoms with van der Waals surface area (Å²) in [5.74, 6) is -1.09. The van der Waals surface area contributed by atoms with E-state index in [0.29, 0.717) is 0 Å². The summed E-state index contributed by atoms with van der Waals surface area (Å²) < 4.78 is 0. The summed E-state index contributed by atoms with van der Waals surface area (Å²) in [7, 11) is 0. The van der Waals surface area contributed by atoms with Crippen molar-refractivity contribution in [2.75, 3.05) is 0 Å². The quantitative estimate of drug-likeness (QED) is 0.490. The molecule has 0 radical (unpaired) electrons. The van der Waals surface area contributed by atoms with Crippen LogP contribution in [-0.4, -0.2) is 34.0 Å². The number of hydrogen-bond donors (Lipinski definition) is 2. The van der Waals surface area contributed by atoms with Gasteiger partial charge >= 0.3 is 5.97 Å². The van der Waals surface area contributed by atoms with Crippen LogP contribution in [0.5, 0.6) is 0 Å². The van der Waals surface area contributed by atoms with Crippen LogP contribution in [0.3, 0.4) is 0 Å². The van der Waals surface area contributed by atoms with Gasteiger partial charge in [0.2, 0.25) is 0 Å². The molecule has 9 heavy (non-hydrogen) atoms. The summed E-state index contributed by atoms with van der Waals surface area (Å²) in [6.07, 6.45) is 0.295. The van der Waals surface area contributed by atoms with Crippen LogP contribution in [0.1, 0.15) is 6.92 Å². The lowest BCUT2D eigenvalue weighted by Gasteiger charge is -2.30. The molecule has 0 spiro atoms. The first kappa shape index (κ1) is 6.22. The summed E-state index contributed by atoms with van der Waals surface area (Å²) in [5.41, 5.74) is -1.28. The Hall–Kier alpha value is -0.900. The molecule has 1 aliphatic rings. The van der Waals surface area contributed by atoms with Crippen molar-refractivity contribution in [1.29, 1.82) is 0 Å². The fourth-order valence-electron chi connectivity index (χ4n) is 0.547. The molecule has 4 heteroatoms. The van der Waals surface area contributed by atoms with Crippen molar-refractivity contribution in [2.45, 2.75) is 18.6 Å². The minimum atomic E-state index is -1.28. The van der Waals surface area contributed by atoms with Crippen molar-refractivity contribution in [2.24, 2.45) is 4.99 Å². The molecule has 0 fully saturated rings. The number of carbonyl (C=O) groups is 1. The second kappa shape index (κ2) is 1.54. The Kier molecular flexibility index (Phi) is 1.06. The van der Waals surface area contributed by atoms with Crippen molar-refractivity contribution < 1.29 is 15.0 Å². The van der Waals surface area contributed by atoms with Gasteiger partial charge in [0.15, 0.2) is 5.54 Å². The normalized spacial score (nSPS) is 40.0. The summed E-state index contributed by atoms with van der Waals surface area (Å²) in [4.78, 5) is 13.7. The van der Waals surface area contributed by atoms with E-state index in [9.17, 15) is 4.79 Å². The molecule has 1 rings (SSSR count). The van der Waals surface area contributed by atoms with E-state index in [-0.39, 0.29) is 0 Å². The summed E-state index contributed by atoms with van der Waals surface area (Å²) in [5, 5.41) is 17.2. The van der Waals surface area contributed by atoms with E-state index in [4.69, 9.17) is 10.2 Å². The molecule has 1 heterocycles. The first-order chi connectivity index (χ1) is 4.07. The Morgan fingerprint density at radius 2 is 2.44 bits per heavy atom. The van der Waals surface area contributed by atoms with Crippen molar-refractivity contribution in [3.63, 3.8) is 0 Å². The lowest BCUT2D eigenvalue weighted by molar-refractivity contribution is -0.146. The van der Waals surface area contributed by atoms with Gasteiger partial charge in [0.05, 0.1) is 0 Å². The SMILES string of the molecule is C[C@]1(C(=O)O)N=C[C@@H]1O. The summed E-state index contributed by atoms with van der Waals surface area (Å²) in [6.45, 7) is 1.38. The molecule has 0 saturated heterocycles. The molecule has 0 bridgehead atoms. The number of rotatable bonds is 1. The van der Waals surface area contributed by atoms with Gasteiger partial charge in [-0.2, -0.15) is 0 Å². The van der Waals surface area contributed by atoms with Crippen LogP contribution in [0.15, 0.2) is 4.99 Å². The molecule has 0 aromatic rings. The molecule has 4 nitrogen and oxygen atoms in total. The van der Waals surface area contributed by atoms with E-state index in [2.05, 4.69) is 4.99 Å². The van der Waals surface area contributed by atoms with E-state index >= 15 is 0 Å². The summed E-state index contributed by atoms with van der Waals surface area (Å²) in [6, 6.07) is 0. The van der Waals surface area contributed by atoms with Gasteiger partial charge < -0.3 is 10.2 Å². The van der Waals surface area contributed by atoms with Gasteiger partial charge in [0, 0.05) is 6.21 Å². The highest BCUT2D eigenvalue weighted by Crippen LogP contribution is 2.21. The molecular weight excluding hydrogens is 122 g/mol. The van der Waals surface area contributed by atoms with Crippen LogP contribution in [0, 0.1) is 0 Å². The molecule has 2 N–H and O–H groups in total. The van der Waals surface area contributed by atoms with Gasteiger partial charge in [-0.25, -0.2) is 4.79 Å². The molecular formula is C5H7NO3. The molecule has 50 valence electrons. The van der Waals surface area contributed by atoms with Gasteiger partial charge in [0.25, 0.3) is 0 Å². The Morgan fingerprint density at radius 1 is 1.89 bits per heavy atom. The van der Waals surface area contributed by atoms with Crippen molar-refractivity contribution >= 4 is 12.2 Å². The van der Waals surface area contributed by atoms with Crippen LogP contribution in [0.4, 0.5) is 0 Å². The number of nitrogens with zero attached hydrogens (tertiary/aromatic N) is 1. The maximum Gasteiger partial charge on any atom is 0.334 e. The topological polar surface area (TPSA) is 69.9 Å². The first-order valence-corrected chi connectivity index (χ1v) is 2.54. The van der Waals surface area contributed by atoms with E-state index < -0.39 is 17.6 Å². The predicted molar refractivity (Wildman–Crippen MR) is 30.5 cm³/mol. The number of aliphatic imine (C=N–C) groups is 1. The van der Waals surface area contributed by atoms with Gasteiger partial charge in [-0.1, -0.05) is 0 Å². The fraction of sp³-hybridized carbons (Fsp3) is 0.600. The van der Waals surface area contributed by atoms with Crippen LogP contribution in [0.2, 0.25) is 0 Å². The van der Waals surface area contributed by atoms with Crippen LogP contribution < -0.4 is 0 Å².